The fourth-order valence-corrected chi connectivity index (χ4v) is 1.89. The van der Waals surface area contributed by atoms with Gasteiger partial charge < -0.3 is 10.6 Å². The average Bonchev–Trinajstić information content (AvgIpc) is 2.43. The molecule has 0 aliphatic rings. The average molecular weight is 287 g/mol. The summed E-state index contributed by atoms with van der Waals surface area (Å²) >= 11 is 6.01. The van der Waals surface area contributed by atoms with Gasteiger partial charge in [-0.15, -0.1) is 0 Å². The molecule has 2 aromatic carbocycles. The summed E-state index contributed by atoms with van der Waals surface area (Å²) in [5, 5.41) is 6.07. The zero-order valence-electron chi connectivity index (χ0n) is 11.1. The zero-order chi connectivity index (χ0) is 14.4. The molecule has 102 valence electrons. The van der Waals surface area contributed by atoms with Crippen LogP contribution in [0.2, 0.25) is 5.02 Å². The summed E-state index contributed by atoms with van der Waals surface area (Å²) < 4.78 is 0. The van der Waals surface area contributed by atoms with Crippen molar-refractivity contribution in [3.05, 3.63) is 70.9 Å². The minimum Gasteiger partial charge on any atom is -0.314 e. The van der Waals surface area contributed by atoms with E-state index in [0.29, 0.717) is 5.02 Å². The number of carbonyl (C=O) groups excluding carboxylic acids is 1. The number of halogens is 1. The number of carbonyl (C=O) groups is 1. The lowest BCUT2D eigenvalue weighted by molar-refractivity contribution is 0.255. The smallest absolute Gasteiger partial charge is 0.314 e. The van der Waals surface area contributed by atoms with Crippen LogP contribution >= 0.6 is 11.6 Å². The molecular weight excluding hydrogens is 272 g/mol. The van der Waals surface area contributed by atoms with E-state index in [1.807, 2.05) is 49.4 Å². The van der Waals surface area contributed by atoms with Gasteiger partial charge in [-0.2, -0.15) is 0 Å². The molecule has 0 saturated carbocycles. The van der Waals surface area contributed by atoms with E-state index in [-0.39, 0.29) is 6.03 Å². The van der Waals surface area contributed by atoms with Crippen molar-refractivity contribution in [2.45, 2.75) is 6.92 Å². The van der Waals surface area contributed by atoms with E-state index in [4.69, 9.17) is 11.6 Å². The van der Waals surface area contributed by atoms with Crippen molar-refractivity contribution in [3.63, 3.8) is 0 Å². The van der Waals surface area contributed by atoms with Crippen molar-refractivity contribution in [3.8, 4) is 0 Å². The minimum atomic E-state index is -0.289. The first-order chi connectivity index (χ1) is 9.66. The van der Waals surface area contributed by atoms with Gasteiger partial charge in [0.1, 0.15) is 0 Å². The van der Waals surface area contributed by atoms with Crippen LogP contribution in [0, 0.1) is 6.92 Å². The number of benzene rings is 2. The van der Waals surface area contributed by atoms with Gasteiger partial charge in [0, 0.05) is 16.9 Å². The Kier molecular flexibility index (Phi) is 4.80. The van der Waals surface area contributed by atoms with Gasteiger partial charge in [-0.1, -0.05) is 48.0 Å². The molecule has 2 amide bonds. The maximum Gasteiger partial charge on any atom is 0.323 e. The van der Waals surface area contributed by atoms with E-state index in [9.17, 15) is 4.79 Å². The largest absolute Gasteiger partial charge is 0.323 e. The van der Waals surface area contributed by atoms with Gasteiger partial charge in [0.2, 0.25) is 0 Å². The van der Waals surface area contributed by atoms with Crippen LogP contribution in [0.3, 0.4) is 0 Å². The number of para-hydroxylation sites is 1. The fraction of sp³-hybridized carbons (Fsp3) is 0.0625. The van der Waals surface area contributed by atoms with Crippen LogP contribution in [0.5, 0.6) is 0 Å². The highest BCUT2D eigenvalue weighted by Crippen LogP contribution is 2.16. The van der Waals surface area contributed by atoms with Crippen LogP contribution in [0.15, 0.2) is 54.7 Å². The quantitative estimate of drug-likeness (QED) is 0.860. The van der Waals surface area contributed by atoms with Gasteiger partial charge >= 0.3 is 6.03 Å². The van der Waals surface area contributed by atoms with Crippen molar-refractivity contribution in [2.75, 3.05) is 5.32 Å². The van der Waals surface area contributed by atoms with Crippen molar-refractivity contribution in [2.24, 2.45) is 0 Å². The number of nitrogens with one attached hydrogen (secondary N) is 2. The van der Waals surface area contributed by atoms with Gasteiger partial charge in [-0.05, 0) is 36.3 Å². The molecular formula is C16H15ClN2O. The summed E-state index contributed by atoms with van der Waals surface area (Å²) in [6.07, 6.45) is 3.31. The molecule has 20 heavy (non-hydrogen) atoms. The first-order valence-electron chi connectivity index (χ1n) is 6.21. The third-order valence-corrected chi connectivity index (χ3v) is 3.12. The lowest BCUT2D eigenvalue weighted by atomic mass is 10.2. The number of urea groups is 1. The topological polar surface area (TPSA) is 41.1 Å². The Morgan fingerprint density at radius 1 is 1.10 bits per heavy atom. The molecule has 0 bridgehead atoms. The molecule has 0 spiro atoms. The number of amides is 2. The summed E-state index contributed by atoms with van der Waals surface area (Å²) in [6.45, 7) is 1.94. The molecule has 0 fully saturated rings. The highest BCUT2D eigenvalue weighted by Gasteiger charge is 2.01. The van der Waals surface area contributed by atoms with Gasteiger partial charge in [-0.25, -0.2) is 4.79 Å². The Bertz CT molecular complexity index is 638. The zero-order valence-corrected chi connectivity index (χ0v) is 11.8. The minimum absolute atomic E-state index is 0.289. The Morgan fingerprint density at radius 3 is 2.55 bits per heavy atom. The molecule has 0 heterocycles. The summed E-state index contributed by atoms with van der Waals surface area (Å²) in [7, 11) is 0. The summed E-state index contributed by atoms with van der Waals surface area (Å²) in [6, 6.07) is 14.7. The predicted octanol–water partition coefficient (Wildman–Crippen LogP) is 4.44. The predicted molar refractivity (Wildman–Crippen MR) is 83.8 cm³/mol. The summed E-state index contributed by atoms with van der Waals surface area (Å²) in [5.74, 6) is 0. The van der Waals surface area contributed by atoms with E-state index in [2.05, 4.69) is 10.6 Å². The molecule has 0 aromatic heterocycles. The summed E-state index contributed by atoms with van der Waals surface area (Å²) in [5.41, 5.74) is 2.65. The first kappa shape index (κ1) is 14.2. The number of hydrogen-bond acceptors (Lipinski definition) is 1. The van der Waals surface area contributed by atoms with Gasteiger partial charge in [0.15, 0.2) is 0 Å². The van der Waals surface area contributed by atoms with Crippen molar-refractivity contribution in [1.82, 2.24) is 5.32 Å². The highest BCUT2D eigenvalue weighted by molar-refractivity contribution is 6.32. The number of anilines is 1. The molecule has 0 saturated heterocycles. The third kappa shape index (κ3) is 3.87. The Balaban J connectivity index is 1.93. The Hall–Kier alpha value is -2.26. The molecule has 0 radical (unpaired) electrons. The second-order valence-electron chi connectivity index (χ2n) is 4.27. The molecule has 0 aliphatic carbocycles. The van der Waals surface area contributed by atoms with Gasteiger partial charge in [0.05, 0.1) is 0 Å². The van der Waals surface area contributed by atoms with Gasteiger partial charge in [0.25, 0.3) is 0 Å². The first-order valence-corrected chi connectivity index (χ1v) is 6.59. The number of rotatable bonds is 3. The van der Waals surface area contributed by atoms with Crippen LogP contribution < -0.4 is 10.6 Å². The van der Waals surface area contributed by atoms with Crippen molar-refractivity contribution >= 4 is 29.4 Å². The molecule has 0 aliphatic heterocycles. The SMILES string of the molecule is Cc1ccccc1NC(=O)N/C=C/c1ccccc1Cl. The fourth-order valence-electron chi connectivity index (χ4n) is 1.69. The second kappa shape index (κ2) is 6.78. The van der Waals surface area contributed by atoms with Crippen LogP contribution in [0.1, 0.15) is 11.1 Å². The third-order valence-electron chi connectivity index (χ3n) is 2.78. The maximum atomic E-state index is 11.7. The van der Waals surface area contributed by atoms with E-state index in [1.54, 1.807) is 18.3 Å². The lowest BCUT2D eigenvalue weighted by Gasteiger charge is -2.07. The molecule has 3 nitrogen and oxygen atoms in total. The second-order valence-corrected chi connectivity index (χ2v) is 4.68. The lowest BCUT2D eigenvalue weighted by Crippen LogP contribution is -2.24. The molecule has 4 heteroatoms. The Labute approximate surface area is 123 Å². The molecule has 0 atom stereocenters. The molecule has 2 aromatic rings. The van der Waals surface area contributed by atoms with Gasteiger partial charge in [-0.3, -0.25) is 0 Å². The monoisotopic (exact) mass is 286 g/mol. The van der Waals surface area contributed by atoms with Crippen molar-refractivity contribution < 1.29 is 4.79 Å². The van der Waals surface area contributed by atoms with Crippen LogP contribution in [-0.4, -0.2) is 6.03 Å². The highest BCUT2D eigenvalue weighted by atomic mass is 35.5. The summed E-state index contributed by atoms with van der Waals surface area (Å²) in [4.78, 5) is 11.7. The van der Waals surface area contributed by atoms with E-state index in [0.717, 1.165) is 16.8 Å². The maximum absolute atomic E-state index is 11.7. The van der Waals surface area contributed by atoms with Crippen molar-refractivity contribution in [1.29, 1.82) is 0 Å². The number of hydrogen-bond donors (Lipinski definition) is 2. The van der Waals surface area contributed by atoms with Crippen LogP contribution in [0.25, 0.3) is 6.08 Å². The standard InChI is InChI=1S/C16H15ClN2O/c1-12-6-2-5-9-15(12)19-16(20)18-11-10-13-7-3-4-8-14(13)17/h2-11H,1H3,(H2,18,19,20)/b11-10+. The Morgan fingerprint density at radius 2 is 1.80 bits per heavy atom. The van der Waals surface area contributed by atoms with E-state index < -0.39 is 0 Å². The van der Waals surface area contributed by atoms with Crippen LogP contribution in [-0.2, 0) is 0 Å². The number of aryl methyl sites for hydroxylation is 1. The molecule has 0 unspecified atom stereocenters. The molecule has 2 N–H and O–H groups in total. The molecule has 2 rings (SSSR count). The van der Waals surface area contributed by atoms with E-state index >= 15 is 0 Å². The normalized spacial score (nSPS) is 10.5. The van der Waals surface area contributed by atoms with E-state index in [1.165, 1.54) is 0 Å². The van der Waals surface area contributed by atoms with Crippen LogP contribution in [0.4, 0.5) is 10.5 Å².